The van der Waals surface area contributed by atoms with Gasteiger partial charge in [0.15, 0.2) is 0 Å². The van der Waals surface area contributed by atoms with Crippen molar-refractivity contribution < 1.29 is 0 Å². The van der Waals surface area contributed by atoms with Gasteiger partial charge in [-0.1, -0.05) is 18.2 Å². The van der Waals surface area contributed by atoms with Crippen LogP contribution in [0.5, 0.6) is 0 Å². The van der Waals surface area contributed by atoms with Gasteiger partial charge in [0.25, 0.3) is 0 Å². The molecule has 1 nitrogen and oxygen atoms in total. The fourth-order valence-corrected chi connectivity index (χ4v) is 1.90. The fraction of sp³-hybridized carbons (Fsp3) is 0.250. The van der Waals surface area contributed by atoms with Crippen LogP contribution in [0.25, 0.3) is 10.8 Å². The van der Waals surface area contributed by atoms with Gasteiger partial charge in [0.05, 0.1) is 0 Å². The molecule has 0 radical (unpaired) electrons. The summed E-state index contributed by atoms with van der Waals surface area (Å²) < 4.78 is 0. The number of benzene rings is 1. The lowest BCUT2D eigenvalue weighted by Gasteiger charge is -2.03. The first kappa shape index (κ1) is 7.07. The van der Waals surface area contributed by atoms with Crippen LogP contribution in [-0.4, -0.2) is 4.98 Å². The largest absolute Gasteiger partial charge is 0.264 e. The molecule has 1 aromatic heterocycles. The van der Waals surface area contributed by atoms with Crippen molar-refractivity contribution in [2.45, 2.75) is 18.8 Å². The van der Waals surface area contributed by atoms with E-state index in [2.05, 4.69) is 29.2 Å². The van der Waals surface area contributed by atoms with Gasteiger partial charge in [-0.2, -0.15) is 0 Å². The van der Waals surface area contributed by atoms with Crippen LogP contribution in [0.4, 0.5) is 0 Å². The number of hydrogen-bond donors (Lipinski definition) is 0. The van der Waals surface area contributed by atoms with Gasteiger partial charge in [-0.3, -0.25) is 4.98 Å². The van der Waals surface area contributed by atoms with Gasteiger partial charge in [0.2, 0.25) is 0 Å². The molecule has 0 N–H and O–H groups in total. The second kappa shape index (κ2) is 2.56. The summed E-state index contributed by atoms with van der Waals surface area (Å²) in [5.41, 5.74) is 1.51. The fourth-order valence-electron chi connectivity index (χ4n) is 1.90. The van der Waals surface area contributed by atoms with Crippen molar-refractivity contribution >= 4 is 10.8 Å². The average Bonchev–Trinajstić information content (AvgIpc) is 3.00. The van der Waals surface area contributed by atoms with Gasteiger partial charge in [0.1, 0.15) is 0 Å². The van der Waals surface area contributed by atoms with Crippen LogP contribution in [-0.2, 0) is 0 Å². The van der Waals surface area contributed by atoms with E-state index in [1.54, 1.807) is 0 Å². The van der Waals surface area contributed by atoms with Gasteiger partial charge in [0, 0.05) is 17.8 Å². The molecule has 1 aliphatic carbocycles. The van der Waals surface area contributed by atoms with Gasteiger partial charge in [-0.05, 0) is 35.8 Å². The van der Waals surface area contributed by atoms with Gasteiger partial charge in [-0.15, -0.1) is 0 Å². The third-order valence-corrected chi connectivity index (χ3v) is 2.73. The molecule has 1 heterocycles. The molecule has 0 aliphatic heterocycles. The summed E-state index contributed by atoms with van der Waals surface area (Å²) in [4.78, 5) is 4.13. The number of fused-ring (bicyclic) bond motifs is 1. The lowest BCUT2D eigenvalue weighted by molar-refractivity contribution is 1.15. The molecule has 0 unspecified atom stereocenters. The summed E-state index contributed by atoms with van der Waals surface area (Å²) in [7, 11) is 0. The molecular formula is C12H11N. The molecule has 2 aromatic rings. The lowest BCUT2D eigenvalue weighted by atomic mass is 10.0. The smallest absolute Gasteiger partial charge is 0.0346 e. The summed E-state index contributed by atoms with van der Waals surface area (Å²) >= 11 is 0. The number of pyridine rings is 1. The Kier molecular flexibility index (Phi) is 1.39. The van der Waals surface area contributed by atoms with E-state index in [1.807, 2.05) is 12.4 Å². The van der Waals surface area contributed by atoms with Crippen LogP contribution < -0.4 is 0 Å². The van der Waals surface area contributed by atoms with Gasteiger partial charge >= 0.3 is 0 Å². The average molecular weight is 169 g/mol. The van der Waals surface area contributed by atoms with Crippen molar-refractivity contribution in [3.63, 3.8) is 0 Å². The third kappa shape index (κ3) is 1.12. The zero-order valence-corrected chi connectivity index (χ0v) is 7.40. The van der Waals surface area contributed by atoms with Crippen LogP contribution in [0.1, 0.15) is 24.3 Å². The highest BCUT2D eigenvalue weighted by atomic mass is 14.6. The molecule has 1 heteroatoms. The van der Waals surface area contributed by atoms with E-state index in [-0.39, 0.29) is 0 Å². The molecule has 0 spiro atoms. The molecule has 1 fully saturated rings. The highest BCUT2D eigenvalue weighted by molar-refractivity contribution is 5.85. The maximum atomic E-state index is 4.13. The second-order valence-electron chi connectivity index (χ2n) is 3.72. The van der Waals surface area contributed by atoms with Crippen LogP contribution in [0, 0.1) is 0 Å². The Labute approximate surface area is 77.4 Å². The van der Waals surface area contributed by atoms with Crippen LogP contribution in [0.15, 0.2) is 36.7 Å². The van der Waals surface area contributed by atoms with E-state index < -0.39 is 0 Å². The number of nitrogens with zero attached hydrogens (tertiary/aromatic N) is 1. The van der Waals surface area contributed by atoms with Gasteiger partial charge < -0.3 is 0 Å². The SMILES string of the molecule is c1cc(C2CC2)c2ccncc2c1. The van der Waals surface area contributed by atoms with E-state index in [9.17, 15) is 0 Å². The Balaban J connectivity index is 2.32. The van der Waals surface area contributed by atoms with Crippen molar-refractivity contribution in [3.8, 4) is 0 Å². The normalized spacial score (nSPS) is 16.3. The van der Waals surface area contributed by atoms with Crippen molar-refractivity contribution in [1.29, 1.82) is 0 Å². The predicted octanol–water partition coefficient (Wildman–Crippen LogP) is 3.11. The summed E-state index contributed by atoms with van der Waals surface area (Å²) in [5.74, 6) is 0.825. The zero-order chi connectivity index (χ0) is 8.67. The van der Waals surface area contributed by atoms with Gasteiger partial charge in [-0.25, -0.2) is 0 Å². The maximum Gasteiger partial charge on any atom is 0.0346 e. The standard InChI is InChI=1S/C12H11N/c1-2-10-8-13-7-6-12(10)11(3-1)9-4-5-9/h1-3,6-9H,4-5H2. The topological polar surface area (TPSA) is 12.9 Å². The predicted molar refractivity (Wildman–Crippen MR) is 53.7 cm³/mol. The Morgan fingerprint density at radius 1 is 1.15 bits per heavy atom. The first-order valence-electron chi connectivity index (χ1n) is 4.78. The van der Waals surface area contributed by atoms with E-state index in [0.29, 0.717) is 0 Å². The highest BCUT2D eigenvalue weighted by Gasteiger charge is 2.24. The third-order valence-electron chi connectivity index (χ3n) is 2.73. The minimum Gasteiger partial charge on any atom is -0.264 e. The first-order chi connectivity index (χ1) is 6.45. The van der Waals surface area contributed by atoms with Crippen molar-refractivity contribution in [3.05, 3.63) is 42.2 Å². The summed E-state index contributed by atoms with van der Waals surface area (Å²) in [6.45, 7) is 0. The molecule has 1 aromatic carbocycles. The highest BCUT2D eigenvalue weighted by Crippen LogP contribution is 2.42. The molecule has 64 valence electrons. The lowest BCUT2D eigenvalue weighted by Crippen LogP contribution is -1.83. The van der Waals surface area contributed by atoms with Crippen LogP contribution in [0.2, 0.25) is 0 Å². The molecule has 1 saturated carbocycles. The Morgan fingerprint density at radius 2 is 2.08 bits per heavy atom. The molecular weight excluding hydrogens is 158 g/mol. The van der Waals surface area contributed by atoms with Crippen molar-refractivity contribution in [2.24, 2.45) is 0 Å². The Bertz CT molecular complexity index is 438. The summed E-state index contributed by atoms with van der Waals surface area (Å²) in [6, 6.07) is 8.65. The van der Waals surface area contributed by atoms with Crippen molar-refractivity contribution in [1.82, 2.24) is 4.98 Å². The molecule has 3 rings (SSSR count). The Morgan fingerprint density at radius 3 is 2.92 bits per heavy atom. The quantitative estimate of drug-likeness (QED) is 0.639. The molecule has 0 saturated heterocycles. The Hall–Kier alpha value is -1.37. The second-order valence-corrected chi connectivity index (χ2v) is 3.72. The molecule has 0 amide bonds. The minimum atomic E-state index is 0.825. The van der Waals surface area contributed by atoms with E-state index in [4.69, 9.17) is 0 Å². The van der Waals surface area contributed by atoms with Crippen LogP contribution >= 0.6 is 0 Å². The molecule has 1 aliphatic rings. The maximum absolute atomic E-state index is 4.13. The molecule has 0 bridgehead atoms. The molecule has 13 heavy (non-hydrogen) atoms. The summed E-state index contributed by atoms with van der Waals surface area (Å²) in [6.07, 6.45) is 6.55. The number of rotatable bonds is 1. The van der Waals surface area contributed by atoms with Crippen molar-refractivity contribution in [2.75, 3.05) is 0 Å². The zero-order valence-electron chi connectivity index (χ0n) is 7.40. The van der Waals surface area contributed by atoms with Crippen LogP contribution in [0.3, 0.4) is 0 Å². The number of hydrogen-bond acceptors (Lipinski definition) is 1. The first-order valence-corrected chi connectivity index (χ1v) is 4.78. The van der Waals surface area contributed by atoms with E-state index in [0.717, 1.165) is 5.92 Å². The summed E-state index contributed by atoms with van der Waals surface area (Å²) in [5, 5.41) is 2.66. The monoisotopic (exact) mass is 169 g/mol. The van der Waals surface area contributed by atoms with E-state index in [1.165, 1.54) is 29.2 Å². The molecule has 0 atom stereocenters. The minimum absolute atomic E-state index is 0.825. The number of aromatic nitrogens is 1. The van der Waals surface area contributed by atoms with E-state index >= 15 is 0 Å².